The highest BCUT2D eigenvalue weighted by Crippen LogP contribution is 1.99. The fourth-order valence-electron chi connectivity index (χ4n) is 0.800. The third kappa shape index (κ3) is 1.94. The summed E-state index contributed by atoms with van der Waals surface area (Å²) in [7, 11) is 0. The third-order valence-electron chi connectivity index (χ3n) is 1.36. The molecule has 0 radical (unpaired) electrons. The monoisotopic (exact) mass is 154 g/mol. The van der Waals surface area contributed by atoms with Crippen LogP contribution in [0.25, 0.3) is 0 Å². The summed E-state index contributed by atoms with van der Waals surface area (Å²) in [5.41, 5.74) is 5.73. The van der Waals surface area contributed by atoms with E-state index in [2.05, 4.69) is 0 Å². The number of rotatable bonds is 1. The molecule has 1 aromatic carbocycles. The van der Waals surface area contributed by atoms with Gasteiger partial charge in [-0.3, -0.25) is 0 Å². The van der Waals surface area contributed by atoms with Gasteiger partial charge in [0, 0.05) is 5.69 Å². The minimum absolute atomic E-state index is 0.0185. The number of hydrogen-bond acceptors (Lipinski definition) is 4. The van der Waals surface area contributed by atoms with Crippen LogP contribution in [0, 0.1) is 0 Å². The molecule has 5 heteroatoms. The van der Waals surface area contributed by atoms with E-state index in [0.29, 0.717) is 5.69 Å². The predicted molar refractivity (Wildman–Crippen MR) is 42.9 cm³/mol. The summed E-state index contributed by atoms with van der Waals surface area (Å²) in [6.45, 7) is -3.40. The normalized spacial score (nSPS) is 11.5. The molecule has 0 saturated heterocycles. The van der Waals surface area contributed by atoms with E-state index in [9.17, 15) is 0 Å². The predicted octanol–water partition coefficient (Wildman–Crippen LogP) is -1.61. The molecule has 0 spiro atoms. The molecule has 1 aromatic rings. The van der Waals surface area contributed by atoms with Gasteiger partial charge in [-0.2, -0.15) is 0 Å². The van der Waals surface area contributed by atoms with Gasteiger partial charge in [-0.05, 0) is 6.07 Å². The zero-order chi connectivity index (χ0) is 8.48. The van der Waals surface area contributed by atoms with Gasteiger partial charge in [-0.25, -0.2) is 0 Å². The number of nitrogen functional groups attached to an aromatic ring is 1. The highest BCUT2D eigenvalue weighted by molar-refractivity contribution is 6.71. The van der Waals surface area contributed by atoms with Crippen LogP contribution in [0.15, 0.2) is 24.3 Å². The van der Waals surface area contributed by atoms with E-state index in [4.69, 9.17) is 20.8 Å². The number of benzene rings is 1. The molecule has 60 valence electrons. The second-order valence-corrected chi connectivity index (χ2v) is 2.40. The van der Waals surface area contributed by atoms with Gasteiger partial charge in [0.1, 0.15) is 0 Å². The van der Waals surface area contributed by atoms with Crippen LogP contribution < -0.4 is 11.2 Å². The van der Waals surface area contributed by atoms with Gasteiger partial charge in [0.15, 0.2) is 0 Å². The van der Waals surface area contributed by atoms with Crippen LogP contribution in [0.4, 0.5) is 5.69 Å². The molecule has 0 aliphatic heterocycles. The van der Waals surface area contributed by atoms with Gasteiger partial charge >= 0.3 is 6.75 Å². The highest BCUT2D eigenvalue weighted by atomic mass is 16.5. The van der Waals surface area contributed by atoms with E-state index in [1.54, 1.807) is 6.07 Å². The Labute approximate surface area is 63.9 Å². The second-order valence-electron chi connectivity index (χ2n) is 2.40. The van der Waals surface area contributed by atoms with Gasteiger partial charge in [-0.1, -0.05) is 18.2 Å². The number of anilines is 1. The van der Waals surface area contributed by atoms with E-state index in [-0.39, 0.29) is 5.46 Å². The first-order valence-corrected chi connectivity index (χ1v) is 3.17. The lowest BCUT2D eigenvalue weighted by atomic mass is 9.71. The van der Waals surface area contributed by atoms with Gasteiger partial charge < -0.3 is 20.8 Å². The molecule has 0 atom stereocenters. The number of nitrogens with two attached hydrogens (primary N) is 1. The van der Waals surface area contributed by atoms with Crippen molar-refractivity contribution < 1.29 is 15.1 Å². The summed E-state index contributed by atoms with van der Waals surface area (Å²) in [5, 5.41) is 26.2. The summed E-state index contributed by atoms with van der Waals surface area (Å²) in [4.78, 5) is 0. The maximum Gasteiger partial charge on any atom is 0.402 e. The minimum atomic E-state index is -3.40. The summed E-state index contributed by atoms with van der Waals surface area (Å²) in [5.74, 6) is 0. The van der Waals surface area contributed by atoms with E-state index in [1.165, 1.54) is 18.2 Å². The Kier molecular flexibility index (Phi) is 1.86. The van der Waals surface area contributed by atoms with Crippen molar-refractivity contribution in [3.8, 4) is 0 Å². The second kappa shape index (κ2) is 2.54. The van der Waals surface area contributed by atoms with Crippen molar-refractivity contribution in [3.05, 3.63) is 24.3 Å². The van der Waals surface area contributed by atoms with Crippen molar-refractivity contribution >= 4 is 17.9 Å². The van der Waals surface area contributed by atoms with Gasteiger partial charge in [-0.15, -0.1) is 5.46 Å². The van der Waals surface area contributed by atoms with E-state index < -0.39 is 6.75 Å². The standard InChI is InChI=1S/C6H9BNO3/c8-6-3-1-2-5(4-6)7(9,10)11/h1-4,9-11H,8H2/q-1. The van der Waals surface area contributed by atoms with Gasteiger partial charge in [0.25, 0.3) is 0 Å². The summed E-state index contributed by atoms with van der Waals surface area (Å²) >= 11 is 0. The van der Waals surface area contributed by atoms with Crippen LogP contribution in [0.1, 0.15) is 0 Å². The molecule has 4 nitrogen and oxygen atoms in total. The van der Waals surface area contributed by atoms with Crippen molar-refractivity contribution in [3.63, 3.8) is 0 Å². The van der Waals surface area contributed by atoms with E-state index >= 15 is 0 Å². The molecule has 1 rings (SSSR count). The van der Waals surface area contributed by atoms with Crippen molar-refractivity contribution in [2.45, 2.75) is 0 Å². The van der Waals surface area contributed by atoms with E-state index in [0.717, 1.165) is 0 Å². The molecule has 0 bridgehead atoms. The molecule has 11 heavy (non-hydrogen) atoms. The van der Waals surface area contributed by atoms with Crippen LogP contribution >= 0.6 is 0 Å². The van der Waals surface area contributed by atoms with E-state index in [1.807, 2.05) is 0 Å². The van der Waals surface area contributed by atoms with Gasteiger partial charge in [0.2, 0.25) is 0 Å². The SMILES string of the molecule is Nc1cccc([B-](O)(O)O)c1. The topological polar surface area (TPSA) is 86.7 Å². The van der Waals surface area contributed by atoms with Crippen LogP contribution in [-0.2, 0) is 0 Å². The zero-order valence-electron chi connectivity index (χ0n) is 5.81. The van der Waals surface area contributed by atoms with Crippen molar-refractivity contribution in [2.75, 3.05) is 5.73 Å². The quantitative estimate of drug-likeness (QED) is 0.289. The molecule has 0 unspecified atom stereocenters. The summed E-state index contributed by atoms with van der Waals surface area (Å²) < 4.78 is 0. The molecule has 0 aromatic heterocycles. The minimum Gasteiger partial charge on any atom is -0.556 e. The lowest BCUT2D eigenvalue weighted by molar-refractivity contribution is 0.250. The van der Waals surface area contributed by atoms with Crippen LogP contribution in [0.5, 0.6) is 0 Å². The van der Waals surface area contributed by atoms with Crippen LogP contribution in [0.2, 0.25) is 0 Å². The van der Waals surface area contributed by atoms with Crippen LogP contribution in [0.3, 0.4) is 0 Å². The molecule has 0 saturated carbocycles. The molecule has 0 aliphatic carbocycles. The fourth-order valence-corrected chi connectivity index (χ4v) is 0.800. The maximum absolute atomic E-state index is 8.73. The average molecular weight is 154 g/mol. The first-order chi connectivity index (χ1) is 5.00. The average Bonchev–Trinajstić information content (AvgIpc) is 1.86. The molecule has 0 aliphatic rings. The summed E-state index contributed by atoms with van der Waals surface area (Å²) in [6, 6.07) is 5.81. The Morgan fingerprint density at radius 2 is 1.82 bits per heavy atom. The van der Waals surface area contributed by atoms with Crippen molar-refractivity contribution in [1.29, 1.82) is 0 Å². The Morgan fingerprint density at radius 1 is 1.18 bits per heavy atom. The molecular formula is C6H9BNO3-. The Morgan fingerprint density at radius 3 is 2.18 bits per heavy atom. The molecule has 0 amide bonds. The first kappa shape index (κ1) is 8.07. The summed E-state index contributed by atoms with van der Waals surface area (Å²) in [6.07, 6.45) is 0. The zero-order valence-corrected chi connectivity index (χ0v) is 5.81. The number of hydrogen-bond donors (Lipinski definition) is 4. The lowest BCUT2D eigenvalue weighted by Crippen LogP contribution is -2.48. The molecule has 5 N–H and O–H groups in total. The Bertz CT molecular complexity index is 258. The Balaban J connectivity index is 3.06. The Hall–Kier alpha value is -1.04. The highest BCUT2D eigenvalue weighted by Gasteiger charge is 2.17. The lowest BCUT2D eigenvalue weighted by Gasteiger charge is -2.21. The van der Waals surface area contributed by atoms with Gasteiger partial charge in [0.05, 0.1) is 0 Å². The molecular weight excluding hydrogens is 145 g/mol. The molecule has 0 fully saturated rings. The maximum atomic E-state index is 8.73. The van der Waals surface area contributed by atoms with Crippen LogP contribution in [-0.4, -0.2) is 21.8 Å². The first-order valence-electron chi connectivity index (χ1n) is 3.17. The van der Waals surface area contributed by atoms with Crippen molar-refractivity contribution in [1.82, 2.24) is 0 Å². The molecule has 0 heterocycles. The largest absolute Gasteiger partial charge is 0.556 e. The smallest absolute Gasteiger partial charge is 0.402 e. The fraction of sp³-hybridized carbons (Fsp3) is 0. The third-order valence-corrected chi connectivity index (χ3v) is 1.36. The van der Waals surface area contributed by atoms with Crippen molar-refractivity contribution in [2.24, 2.45) is 0 Å².